The van der Waals surface area contributed by atoms with Crippen LogP contribution in [0.15, 0.2) is 30.3 Å². The molecule has 1 fully saturated rings. The summed E-state index contributed by atoms with van der Waals surface area (Å²) in [5.74, 6) is -3.49. The Labute approximate surface area is 294 Å². The highest BCUT2D eigenvalue weighted by molar-refractivity contribution is 5.86. The fraction of sp³-hybridized carbons (Fsp3) is 0.657. The van der Waals surface area contributed by atoms with E-state index >= 15 is 0 Å². The second-order valence-electron chi connectivity index (χ2n) is 13.3. The smallest absolute Gasteiger partial charge is 0.407 e. The molecule has 0 aromatic heterocycles. The molecule has 1 aliphatic carbocycles. The Hall–Kier alpha value is -4.40. The number of esters is 1. The average molecular weight is 706 g/mol. The molecule has 0 aliphatic heterocycles. The van der Waals surface area contributed by atoms with Gasteiger partial charge in [0.1, 0.15) is 18.2 Å². The summed E-state index contributed by atoms with van der Waals surface area (Å²) in [4.78, 5) is 76.1. The number of hydrogen-bond acceptors (Lipinski definition) is 10. The first kappa shape index (κ1) is 41.8. The van der Waals surface area contributed by atoms with E-state index in [1.54, 1.807) is 32.7 Å². The maximum absolute atomic E-state index is 13.8. The molecule has 1 aliphatic rings. The molecule has 2 rings (SSSR count). The maximum Gasteiger partial charge on any atom is 0.407 e. The van der Waals surface area contributed by atoms with E-state index in [0.717, 1.165) is 37.7 Å². The molecule has 0 radical (unpaired) electrons. The summed E-state index contributed by atoms with van der Waals surface area (Å²) in [7, 11) is 2.39. The topological polar surface area (TPSA) is 202 Å². The first-order valence-electron chi connectivity index (χ1n) is 17.2. The zero-order valence-electron chi connectivity index (χ0n) is 30.1. The Morgan fingerprint density at radius 2 is 1.36 bits per heavy atom. The molecule has 0 spiro atoms. The number of nitrogens with zero attached hydrogens (tertiary/aromatic N) is 1. The number of methoxy groups -OCH3 is 2. The van der Waals surface area contributed by atoms with Gasteiger partial charge >= 0.3 is 24.1 Å². The Kier molecular flexibility index (Phi) is 18.1. The predicted molar refractivity (Wildman–Crippen MR) is 183 cm³/mol. The number of amides is 4. The van der Waals surface area contributed by atoms with E-state index in [1.807, 2.05) is 30.3 Å². The quantitative estimate of drug-likeness (QED) is 0.0804. The summed E-state index contributed by atoms with van der Waals surface area (Å²) in [6, 6.07) is 6.35. The number of hydrazine groups is 1. The number of aliphatic carboxylic acids is 1. The van der Waals surface area contributed by atoms with Crippen molar-refractivity contribution in [1.82, 2.24) is 26.4 Å². The van der Waals surface area contributed by atoms with Crippen LogP contribution < -0.4 is 21.4 Å². The molecule has 2 unspecified atom stereocenters. The summed E-state index contributed by atoms with van der Waals surface area (Å²) in [5.41, 5.74) is 3.73. The average Bonchev–Trinajstić information content (AvgIpc) is 3.08. The summed E-state index contributed by atoms with van der Waals surface area (Å²) >= 11 is 0. The van der Waals surface area contributed by atoms with Crippen LogP contribution in [-0.2, 0) is 39.8 Å². The molecule has 5 N–H and O–H groups in total. The number of hydrogen-bond donors (Lipinski definition) is 5. The minimum atomic E-state index is -1.18. The monoisotopic (exact) mass is 705 g/mol. The van der Waals surface area contributed by atoms with E-state index in [0.29, 0.717) is 6.54 Å². The minimum absolute atomic E-state index is 0.0847. The molecule has 1 aromatic carbocycles. The molecule has 0 saturated heterocycles. The lowest BCUT2D eigenvalue weighted by atomic mass is 9.89. The molecule has 15 heteroatoms. The second kappa shape index (κ2) is 21.6. The van der Waals surface area contributed by atoms with Gasteiger partial charge in [-0.1, -0.05) is 77.3 Å². The van der Waals surface area contributed by atoms with E-state index < -0.39 is 73.0 Å². The van der Waals surface area contributed by atoms with Crippen molar-refractivity contribution in [2.24, 2.45) is 17.8 Å². The molecule has 50 heavy (non-hydrogen) atoms. The van der Waals surface area contributed by atoms with Gasteiger partial charge in [0.25, 0.3) is 5.91 Å². The molecule has 4 atom stereocenters. The fourth-order valence-corrected chi connectivity index (χ4v) is 5.83. The van der Waals surface area contributed by atoms with Gasteiger partial charge in [-0.3, -0.25) is 24.6 Å². The molecule has 280 valence electrons. The second-order valence-corrected chi connectivity index (χ2v) is 13.3. The zero-order valence-corrected chi connectivity index (χ0v) is 30.1. The van der Waals surface area contributed by atoms with Gasteiger partial charge in [-0.15, -0.1) is 0 Å². The van der Waals surface area contributed by atoms with Crippen molar-refractivity contribution in [2.75, 3.05) is 27.3 Å². The van der Waals surface area contributed by atoms with Crippen molar-refractivity contribution in [1.29, 1.82) is 0 Å². The Morgan fingerprint density at radius 3 is 1.88 bits per heavy atom. The maximum atomic E-state index is 13.8. The highest BCUT2D eigenvalue weighted by Gasteiger charge is 2.35. The number of ether oxygens (including phenoxy) is 3. The van der Waals surface area contributed by atoms with Gasteiger partial charge in [-0.25, -0.2) is 14.6 Å². The predicted octanol–water partition coefficient (Wildman–Crippen LogP) is 3.17. The molecule has 15 nitrogen and oxygen atoms in total. The van der Waals surface area contributed by atoms with Crippen LogP contribution in [0.2, 0.25) is 0 Å². The zero-order chi connectivity index (χ0) is 37.2. The number of carbonyl (C=O) groups is 6. The van der Waals surface area contributed by atoms with Crippen LogP contribution in [0.1, 0.15) is 78.2 Å². The standard InChI is InChI=1S/C35H55N5O10/c1-22(2)30(37-34(46)48-5)32(44)36-26(19-24-13-9-7-10-14-24)27(50-29(43)18-17-28(41)42)21-40(20-25-15-11-8-12-16-25)39-33(45)31(23(3)4)38-35(47)49-6/h7,9-10,13-14,22-23,25-27,30-31H,8,11-12,15-21H2,1-6H3,(H,36,44)(H,37,46)(H,38,47)(H,39,45)(H,41,42)/t26?,27?,30-,31-/m0/s1. The van der Waals surface area contributed by atoms with Crippen LogP contribution in [0.4, 0.5) is 9.59 Å². The van der Waals surface area contributed by atoms with E-state index in [-0.39, 0.29) is 30.7 Å². The summed E-state index contributed by atoms with van der Waals surface area (Å²) < 4.78 is 15.4. The van der Waals surface area contributed by atoms with Gasteiger partial charge < -0.3 is 35.3 Å². The van der Waals surface area contributed by atoms with E-state index in [1.165, 1.54) is 14.2 Å². The Morgan fingerprint density at radius 1 is 0.800 bits per heavy atom. The molecule has 0 bridgehead atoms. The van der Waals surface area contributed by atoms with Gasteiger partial charge in [-0.2, -0.15) is 0 Å². The van der Waals surface area contributed by atoms with E-state index in [4.69, 9.17) is 14.2 Å². The van der Waals surface area contributed by atoms with Crippen LogP contribution in [0.5, 0.6) is 0 Å². The van der Waals surface area contributed by atoms with Gasteiger partial charge in [0.2, 0.25) is 5.91 Å². The Balaban J connectivity index is 2.56. The van der Waals surface area contributed by atoms with Crippen molar-refractivity contribution in [2.45, 2.75) is 103 Å². The van der Waals surface area contributed by atoms with Crippen molar-refractivity contribution < 1.29 is 48.1 Å². The molecule has 1 aromatic rings. The van der Waals surface area contributed by atoms with Gasteiger partial charge in [-0.05, 0) is 42.6 Å². The molecule has 1 saturated carbocycles. The lowest BCUT2D eigenvalue weighted by Gasteiger charge is -2.36. The fourth-order valence-electron chi connectivity index (χ4n) is 5.83. The number of rotatable bonds is 19. The number of nitrogens with one attached hydrogen (secondary N) is 4. The number of benzene rings is 1. The lowest BCUT2D eigenvalue weighted by Crippen LogP contribution is -2.60. The number of alkyl carbamates (subject to hydrolysis) is 2. The highest BCUT2D eigenvalue weighted by atomic mass is 16.5. The Bertz CT molecular complexity index is 1260. The summed E-state index contributed by atoms with van der Waals surface area (Å²) in [6.07, 6.45) is 1.65. The largest absolute Gasteiger partial charge is 0.481 e. The van der Waals surface area contributed by atoms with Crippen LogP contribution in [0.25, 0.3) is 0 Å². The lowest BCUT2D eigenvalue weighted by molar-refractivity contribution is -0.156. The SMILES string of the molecule is COC(=O)N[C@H](C(=O)NC(Cc1ccccc1)C(CN(CC1CCCCC1)NC(=O)[C@@H](NC(=O)OC)C(C)C)OC(=O)CCC(=O)O)C(C)C. The molecular weight excluding hydrogens is 650 g/mol. The summed E-state index contributed by atoms with van der Waals surface area (Å²) in [6.45, 7) is 7.37. The third-order valence-corrected chi connectivity index (χ3v) is 8.59. The highest BCUT2D eigenvalue weighted by Crippen LogP contribution is 2.25. The number of carbonyl (C=O) groups excluding carboxylic acids is 5. The first-order valence-corrected chi connectivity index (χ1v) is 17.2. The van der Waals surface area contributed by atoms with Crippen molar-refractivity contribution in [3.8, 4) is 0 Å². The van der Waals surface area contributed by atoms with Crippen molar-refractivity contribution in [3.05, 3.63) is 35.9 Å². The number of carboxylic acid groups (broad SMARTS) is 1. The summed E-state index contributed by atoms with van der Waals surface area (Å²) in [5, 5.41) is 19.0. The van der Waals surface area contributed by atoms with Gasteiger partial charge in [0.15, 0.2) is 0 Å². The van der Waals surface area contributed by atoms with E-state index in [9.17, 15) is 33.9 Å². The molecular formula is C35H55N5O10. The normalized spacial score (nSPS) is 15.7. The molecule has 0 heterocycles. The van der Waals surface area contributed by atoms with Crippen molar-refractivity contribution in [3.63, 3.8) is 0 Å². The minimum Gasteiger partial charge on any atom is -0.481 e. The van der Waals surface area contributed by atoms with Crippen LogP contribution >= 0.6 is 0 Å². The van der Waals surface area contributed by atoms with Crippen LogP contribution in [-0.4, -0.2) is 97.6 Å². The first-order chi connectivity index (χ1) is 23.7. The van der Waals surface area contributed by atoms with Gasteiger partial charge in [0, 0.05) is 6.54 Å². The third kappa shape index (κ3) is 15.0. The van der Waals surface area contributed by atoms with E-state index in [2.05, 4.69) is 21.4 Å². The van der Waals surface area contributed by atoms with Gasteiger partial charge in [0.05, 0.1) is 39.6 Å². The van der Waals surface area contributed by atoms with Crippen LogP contribution in [0, 0.1) is 17.8 Å². The molecule has 4 amide bonds. The van der Waals surface area contributed by atoms with Crippen molar-refractivity contribution >= 4 is 35.9 Å². The van der Waals surface area contributed by atoms with Crippen LogP contribution in [0.3, 0.4) is 0 Å². The number of carboxylic acids is 1. The third-order valence-electron chi connectivity index (χ3n) is 8.59.